The zero-order valence-electron chi connectivity index (χ0n) is 16.5. The number of hydrogen-bond donors (Lipinski definition) is 0. The average molecular weight is 443 g/mol. The van der Waals surface area contributed by atoms with Gasteiger partial charge in [-0.05, 0) is 49.7 Å². The standard InChI is InChI=1S/C22H22N2O4S2/c1-16-14-29-22(23-16)17-7-9-20(10-8-17)28-13-21(25)24(18-5-3-2-4-6-18)19-11-12-30(26,27)15-19/h2-10,14,19H,11-13,15H2,1H3. The Morgan fingerprint density at radius 2 is 1.90 bits per heavy atom. The average Bonchev–Trinajstić information content (AvgIpc) is 3.33. The summed E-state index contributed by atoms with van der Waals surface area (Å²) in [7, 11) is -3.12. The third kappa shape index (κ3) is 4.71. The highest BCUT2D eigenvalue weighted by molar-refractivity contribution is 7.91. The van der Waals surface area contributed by atoms with Gasteiger partial charge in [-0.1, -0.05) is 18.2 Å². The number of carbonyl (C=O) groups is 1. The molecule has 2 aromatic carbocycles. The number of anilines is 1. The van der Waals surface area contributed by atoms with Gasteiger partial charge < -0.3 is 9.64 Å². The van der Waals surface area contributed by atoms with E-state index in [1.54, 1.807) is 16.2 Å². The minimum Gasteiger partial charge on any atom is -0.484 e. The van der Waals surface area contributed by atoms with Crippen LogP contribution in [0.3, 0.4) is 0 Å². The summed E-state index contributed by atoms with van der Waals surface area (Å²) < 4.78 is 29.6. The molecule has 3 aromatic rings. The number of para-hydroxylation sites is 1. The number of ether oxygens (including phenoxy) is 1. The van der Waals surface area contributed by atoms with E-state index in [2.05, 4.69) is 4.98 Å². The maximum Gasteiger partial charge on any atom is 0.265 e. The molecule has 156 valence electrons. The third-order valence-electron chi connectivity index (χ3n) is 4.96. The topological polar surface area (TPSA) is 76.6 Å². The lowest BCUT2D eigenvalue weighted by molar-refractivity contribution is -0.121. The minimum absolute atomic E-state index is 0.0183. The van der Waals surface area contributed by atoms with E-state index in [1.807, 2.05) is 66.9 Å². The van der Waals surface area contributed by atoms with E-state index in [9.17, 15) is 13.2 Å². The summed E-state index contributed by atoms with van der Waals surface area (Å²) >= 11 is 1.58. The van der Waals surface area contributed by atoms with Crippen molar-refractivity contribution < 1.29 is 17.9 Å². The molecular weight excluding hydrogens is 420 g/mol. The fraction of sp³-hybridized carbons (Fsp3) is 0.273. The molecule has 1 amide bonds. The van der Waals surface area contributed by atoms with Crippen molar-refractivity contribution in [1.82, 2.24) is 4.98 Å². The van der Waals surface area contributed by atoms with E-state index in [1.165, 1.54) is 0 Å². The predicted octanol–water partition coefficient (Wildman–Crippen LogP) is 3.72. The number of thiazole rings is 1. The summed E-state index contributed by atoms with van der Waals surface area (Å²) in [6, 6.07) is 16.2. The largest absolute Gasteiger partial charge is 0.484 e. The van der Waals surface area contributed by atoms with Gasteiger partial charge >= 0.3 is 0 Å². The Hall–Kier alpha value is -2.71. The van der Waals surface area contributed by atoms with Crippen LogP contribution in [0.25, 0.3) is 10.6 Å². The van der Waals surface area contributed by atoms with Crippen molar-refractivity contribution in [2.24, 2.45) is 0 Å². The van der Waals surface area contributed by atoms with Gasteiger partial charge in [0.1, 0.15) is 10.8 Å². The minimum atomic E-state index is -3.12. The first-order chi connectivity index (χ1) is 14.4. The molecule has 0 bridgehead atoms. The molecule has 8 heteroatoms. The molecule has 1 aromatic heterocycles. The lowest BCUT2D eigenvalue weighted by Crippen LogP contribution is -2.43. The maximum atomic E-state index is 13.0. The van der Waals surface area contributed by atoms with Gasteiger partial charge in [0.25, 0.3) is 5.91 Å². The van der Waals surface area contributed by atoms with Crippen LogP contribution < -0.4 is 9.64 Å². The zero-order valence-corrected chi connectivity index (χ0v) is 18.2. The molecule has 0 spiro atoms. The molecule has 6 nitrogen and oxygen atoms in total. The van der Waals surface area contributed by atoms with Crippen molar-refractivity contribution in [1.29, 1.82) is 0 Å². The van der Waals surface area contributed by atoms with Gasteiger partial charge in [0.2, 0.25) is 0 Å². The fourth-order valence-corrected chi connectivity index (χ4v) is 6.02. The molecule has 1 aliphatic rings. The van der Waals surface area contributed by atoms with Gasteiger partial charge in [-0.2, -0.15) is 0 Å². The second-order valence-corrected chi connectivity index (χ2v) is 10.4. The SMILES string of the molecule is Cc1csc(-c2ccc(OCC(=O)N(c3ccccc3)C3CCS(=O)(=O)C3)cc2)n1. The summed E-state index contributed by atoms with van der Waals surface area (Å²) in [6.45, 7) is 1.79. The first kappa shape index (κ1) is 20.6. The fourth-order valence-electron chi connectivity index (χ4n) is 3.52. The van der Waals surface area contributed by atoms with Crippen molar-refractivity contribution >= 4 is 32.8 Å². The Kier molecular flexibility index (Phi) is 5.87. The van der Waals surface area contributed by atoms with Crippen molar-refractivity contribution in [3.05, 3.63) is 65.7 Å². The van der Waals surface area contributed by atoms with Crippen LogP contribution in [0, 0.1) is 6.92 Å². The Balaban J connectivity index is 1.46. The van der Waals surface area contributed by atoms with Crippen molar-refractivity contribution in [3.8, 4) is 16.3 Å². The van der Waals surface area contributed by atoms with Crippen molar-refractivity contribution in [2.45, 2.75) is 19.4 Å². The van der Waals surface area contributed by atoms with Crippen molar-refractivity contribution in [2.75, 3.05) is 23.0 Å². The molecule has 30 heavy (non-hydrogen) atoms. The maximum absolute atomic E-state index is 13.0. The number of aromatic nitrogens is 1. The summed E-state index contributed by atoms with van der Waals surface area (Å²) in [6.07, 6.45) is 0.435. The van der Waals surface area contributed by atoms with E-state index in [-0.39, 0.29) is 30.1 Å². The highest BCUT2D eigenvalue weighted by Crippen LogP contribution is 2.27. The first-order valence-electron chi connectivity index (χ1n) is 9.64. The van der Waals surface area contributed by atoms with Crippen LogP contribution in [0.5, 0.6) is 5.75 Å². The molecule has 1 fully saturated rings. The van der Waals surface area contributed by atoms with Crippen LogP contribution >= 0.6 is 11.3 Å². The molecule has 4 rings (SSSR count). The number of hydrogen-bond acceptors (Lipinski definition) is 6. The highest BCUT2D eigenvalue weighted by atomic mass is 32.2. The van der Waals surface area contributed by atoms with Crippen LogP contribution in [0.1, 0.15) is 12.1 Å². The van der Waals surface area contributed by atoms with Gasteiger partial charge in [0, 0.05) is 22.3 Å². The van der Waals surface area contributed by atoms with E-state index >= 15 is 0 Å². The van der Waals surface area contributed by atoms with E-state index in [4.69, 9.17) is 4.74 Å². The van der Waals surface area contributed by atoms with Crippen LogP contribution in [-0.2, 0) is 14.6 Å². The van der Waals surface area contributed by atoms with Crippen LogP contribution in [0.2, 0.25) is 0 Å². The molecule has 1 unspecified atom stereocenters. The molecule has 0 saturated carbocycles. The molecular formula is C22H22N2O4S2. The summed E-state index contributed by atoms with van der Waals surface area (Å²) in [5.74, 6) is 0.401. The quantitative estimate of drug-likeness (QED) is 0.582. The van der Waals surface area contributed by atoms with Gasteiger partial charge in [0.05, 0.1) is 17.5 Å². The molecule has 0 aliphatic carbocycles. The molecule has 1 saturated heterocycles. The van der Waals surface area contributed by atoms with Crippen molar-refractivity contribution in [3.63, 3.8) is 0 Å². The first-order valence-corrected chi connectivity index (χ1v) is 12.3. The van der Waals surface area contributed by atoms with Gasteiger partial charge in [0.15, 0.2) is 16.4 Å². The molecule has 0 N–H and O–H groups in total. The Morgan fingerprint density at radius 1 is 1.17 bits per heavy atom. The third-order valence-corrected chi connectivity index (χ3v) is 7.72. The number of sulfone groups is 1. The summed E-state index contributed by atoms with van der Waals surface area (Å²) in [5.41, 5.74) is 2.66. The normalized spacial score (nSPS) is 17.6. The summed E-state index contributed by atoms with van der Waals surface area (Å²) in [5, 5.41) is 2.94. The molecule has 2 heterocycles. The van der Waals surface area contributed by atoms with Gasteiger partial charge in [-0.15, -0.1) is 11.3 Å². The van der Waals surface area contributed by atoms with Crippen LogP contribution in [0.4, 0.5) is 5.69 Å². The lowest BCUT2D eigenvalue weighted by Gasteiger charge is -2.28. The molecule has 1 atom stereocenters. The lowest BCUT2D eigenvalue weighted by atomic mass is 10.2. The Bertz CT molecular complexity index is 1130. The highest BCUT2D eigenvalue weighted by Gasteiger charge is 2.35. The van der Waals surface area contributed by atoms with E-state index < -0.39 is 9.84 Å². The monoisotopic (exact) mass is 442 g/mol. The Morgan fingerprint density at radius 3 is 2.50 bits per heavy atom. The number of aryl methyl sites for hydroxylation is 1. The second kappa shape index (κ2) is 8.57. The summed E-state index contributed by atoms with van der Waals surface area (Å²) in [4.78, 5) is 19.0. The number of carbonyl (C=O) groups excluding carboxylic acids is 1. The predicted molar refractivity (Wildman–Crippen MR) is 119 cm³/mol. The second-order valence-electron chi connectivity index (χ2n) is 7.26. The molecule has 1 aliphatic heterocycles. The van der Waals surface area contributed by atoms with Gasteiger partial charge in [-0.25, -0.2) is 13.4 Å². The zero-order chi connectivity index (χ0) is 21.1. The number of benzene rings is 2. The number of rotatable bonds is 6. The smallest absolute Gasteiger partial charge is 0.265 e. The van der Waals surface area contributed by atoms with Crippen LogP contribution in [-0.4, -0.2) is 43.5 Å². The molecule has 0 radical (unpaired) electrons. The van der Waals surface area contributed by atoms with E-state index in [0.29, 0.717) is 17.9 Å². The number of amides is 1. The van der Waals surface area contributed by atoms with Gasteiger partial charge in [-0.3, -0.25) is 4.79 Å². The Labute approximate surface area is 180 Å². The number of nitrogens with zero attached hydrogens (tertiary/aromatic N) is 2. The van der Waals surface area contributed by atoms with Crippen LogP contribution in [0.15, 0.2) is 60.0 Å². The van der Waals surface area contributed by atoms with E-state index in [0.717, 1.165) is 16.3 Å².